The van der Waals surface area contributed by atoms with Crippen molar-refractivity contribution in [3.05, 3.63) is 24.4 Å². The molecule has 0 saturated heterocycles. The first-order chi connectivity index (χ1) is 8.09. The van der Waals surface area contributed by atoms with Crippen LogP contribution in [0.4, 0.5) is 13.2 Å². The molecule has 0 unspecified atom stereocenters. The van der Waals surface area contributed by atoms with Crippen molar-refractivity contribution in [3.8, 4) is 0 Å². The van der Waals surface area contributed by atoms with E-state index in [0.717, 1.165) is 10.6 Å². The van der Waals surface area contributed by atoms with Crippen LogP contribution in [0.25, 0.3) is 5.65 Å². The summed E-state index contributed by atoms with van der Waals surface area (Å²) in [7, 11) is -4.64. The topological polar surface area (TPSA) is 121 Å². The second-order valence-corrected chi connectivity index (χ2v) is 3.87. The van der Waals surface area contributed by atoms with E-state index in [0.29, 0.717) is 0 Å². The fraction of sp³-hybridized carbons (Fsp3) is 0.167. The zero-order valence-electron chi connectivity index (χ0n) is 8.35. The summed E-state index contributed by atoms with van der Waals surface area (Å²) in [6.45, 7) is 0. The van der Waals surface area contributed by atoms with Gasteiger partial charge in [-0.1, -0.05) is 0 Å². The van der Waals surface area contributed by atoms with Gasteiger partial charge in [0.1, 0.15) is 0 Å². The average Bonchev–Trinajstić information content (AvgIpc) is 2.57. The van der Waals surface area contributed by atoms with Crippen LogP contribution in [0.2, 0.25) is 0 Å². The molecule has 2 aromatic heterocycles. The molecule has 0 aliphatic heterocycles. The number of phosphoric acid groups is 1. The predicted molar refractivity (Wildman–Crippen MR) is 50.0 cm³/mol. The Morgan fingerprint density at radius 1 is 1.22 bits per heavy atom. The molecule has 0 radical (unpaired) electrons. The van der Waals surface area contributed by atoms with Gasteiger partial charge in [0.05, 0.1) is 6.20 Å². The van der Waals surface area contributed by atoms with Gasteiger partial charge in [0.25, 0.3) is 0 Å². The van der Waals surface area contributed by atoms with E-state index in [1.165, 1.54) is 12.4 Å². The van der Waals surface area contributed by atoms with Crippen molar-refractivity contribution in [2.45, 2.75) is 6.18 Å². The van der Waals surface area contributed by atoms with Crippen molar-refractivity contribution < 1.29 is 32.4 Å². The molecule has 0 atom stereocenters. The smallest absolute Gasteiger partial charge is 0.303 e. The molecular weight excluding hydrogens is 280 g/mol. The Labute approximate surface area is 97.0 Å². The van der Waals surface area contributed by atoms with Crippen molar-refractivity contribution in [2.24, 2.45) is 0 Å². The summed E-state index contributed by atoms with van der Waals surface area (Å²) in [5, 5.41) is 6.33. The Balaban J connectivity index is 0.000000280. The SMILES string of the molecule is FC(F)(F)c1nnc2cnccn12.O=P(O)(O)O. The fourth-order valence-electron chi connectivity index (χ4n) is 0.947. The van der Waals surface area contributed by atoms with Crippen LogP contribution in [0, 0.1) is 0 Å². The molecule has 0 amide bonds. The van der Waals surface area contributed by atoms with Gasteiger partial charge < -0.3 is 14.7 Å². The monoisotopic (exact) mass is 286 g/mol. The van der Waals surface area contributed by atoms with E-state index in [-0.39, 0.29) is 5.65 Å². The summed E-state index contributed by atoms with van der Waals surface area (Å²) in [5.41, 5.74) is 0.0785. The van der Waals surface area contributed by atoms with Gasteiger partial charge in [-0.05, 0) is 0 Å². The van der Waals surface area contributed by atoms with Crippen LogP contribution in [0.1, 0.15) is 5.82 Å². The Bertz CT molecular complexity index is 571. The minimum atomic E-state index is -4.64. The van der Waals surface area contributed by atoms with Crippen molar-refractivity contribution in [1.82, 2.24) is 19.6 Å². The molecule has 18 heavy (non-hydrogen) atoms. The highest BCUT2D eigenvalue weighted by Crippen LogP contribution is 2.27. The fourth-order valence-corrected chi connectivity index (χ4v) is 0.947. The van der Waals surface area contributed by atoms with Gasteiger partial charge >= 0.3 is 14.0 Å². The Morgan fingerprint density at radius 2 is 1.78 bits per heavy atom. The first-order valence-electron chi connectivity index (χ1n) is 4.09. The van der Waals surface area contributed by atoms with Crippen molar-refractivity contribution >= 4 is 13.5 Å². The van der Waals surface area contributed by atoms with E-state index in [2.05, 4.69) is 15.2 Å². The lowest BCUT2D eigenvalue weighted by Crippen LogP contribution is -2.10. The lowest BCUT2D eigenvalue weighted by atomic mass is 10.5. The van der Waals surface area contributed by atoms with Crippen molar-refractivity contribution in [1.29, 1.82) is 0 Å². The number of nitrogens with zero attached hydrogens (tertiary/aromatic N) is 4. The van der Waals surface area contributed by atoms with Crippen LogP contribution in [0.3, 0.4) is 0 Å². The summed E-state index contributed by atoms with van der Waals surface area (Å²) in [6, 6.07) is 0. The highest BCUT2D eigenvalue weighted by molar-refractivity contribution is 7.45. The average molecular weight is 286 g/mol. The van der Waals surface area contributed by atoms with E-state index < -0.39 is 19.8 Å². The lowest BCUT2D eigenvalue weighted by Gasteiger charge is -2.02. The normalized spacial score (nSPS) is 12.1. The van der Waals surface area contributed by atoms with Crippen LogP contribution < -0.4 is 0 Å². The number of fused-ring (bicyclic) bond motifs is 1. The van der Waals surface area contributed by atoms with Gasteiger partial charge in [-0.25, -0.2) is 4.57 Å². The van der Waals surface area contributed by atoms with Gasteiger partial charge in [0.15, 0.2) is 5.65 Å². The molecule has 0 bridgehead atoms. The summed E-state index contributed by atoms with van der Waals surface area (Å²) >= 11 is 0. The maximum atomic E-state index is 12.2. The highest BCUT2D eigenvalue weighted by atomic mass is 31.2. The van der Waals surface area contributed by atoms with Gasteiger partial charge in [-0.2, -0.15) is 13.2 Å². The largest absolute Gasteiger partial charge is 0.466 e. The summed E-state index contributed by atoms with van der Waals surface area (Å²) < 4.78 is 46.3. The number of hydrogen-bond acceptors (Lipinski definition) is 4. The molecule has 0 aromatic carbocycles. The molecule has 0 aliphatic rings. The highest BCUT2D eigenvalue weighted by Gasteiger charge is 2.36. The number of halogens is 3. The minimum absolute atomic E-state index is 0.0785. The molecule has 12 heteroatoms. The van der Waals surface area contributed by atoms with Gasteiger partial charge in [0, 0.05) is 12.4 Å². The Hall–Kier alpha value is -1.55. The van der Waals surface area contributed by atoms with E-state index >= 15 is 0 Å². The molecule has 3 N–H and O–H groups in total. The maximum Gasteiger partial charge on any atom is 0.466 e. The Kier molecular flexibility index (Phi) is 4.02. The second-order valence-electron chi connectivity index (χ2n) is 2.84. The molecule has 100 valence electrons. The number of alkyl halides is 3. The molecule has 0 aliphatic carbocycles. The molecule has 8 nitrogen and oxygen atoms in total. The van der Waals surface area contributed by atoms with E-state index in [1.807, 2.05) is 0 Å². The van der Waals surface area contributed by atoms with Crippen LogP contribution in [0.5, 0.6) is 0 Å². The summed E-state index contributed by atoms with van der Waals surface area (Å²) in [4.78, 5) is 25.2. The molecular formula is C6H6F3N4O4P. The summed E-state index contributed by atoms with van der Waals surface area (Å²) in [5.74, 6) is -1.04. The summed E-state index contributed by atoms with van der Waals surface area (Å²) in [6.07, 6.45) is -0.868. The molecule has 2 heterocycles. The molecule has 0 fully saturated rings. The number of hydrogen-bond donors (Lipinski definition) is 3. The Morgan fingerprint density at radius 3 is 2.28 bits per heavy atom. The number of rotatable bonds is 0. The van der Waals surface area contributed by atoms with Gasteiger partial charge in [-0.3, -0.25) is 9.38 Å². The van der Waals surface area contributed by atoms with Gasteiger partial charge in [-0.15, -0.1) is 10.2 Å². The van der Waals surface area contributed by atoms with E-state index in [1.54, 1.807) is 0 Å². The van der Waals surface area contributed by atoms with Crippen molar-refractivity contribution in [2.75, 3.05) is 0 Å². The van der Waals surface area contributed by atoms with Crippen LogP contribution in [-0.2, 0) is 10.7 Å². The molecule has 2 rings (SSSR count). The van der Waals surface area contributed by atoms with E-state index in [9.17, 15) is 13.2 Å². The minimum Gasteiger partial charge on any atom is -0.303 e. The van der Waals surface area contributed by atoms with Gasteiger partial charge in [0.2, 0.25) is 5.82 Å². The third-order valence-corrected chi connectivity index (χ3v) is 1.47. The quantitative estimate of drug-likeness (QED) is 0.592. The van der Waals surface area contributed by atoms with Crippen LogP contribution in [0.15, 0.2) is 18.6 Å². The number of aromatic nitrogens is 4. The third kappa shape index (κ3) is 4.37. The first-order valence-corrected chi connectivity index (χ1v) is 5.66. The third-order valence-electron chi connectivity index (χ3n) is 1.47. The van der Waals surface area contributed by atoms with Crippen LogP contribution >= 0.6 is 7.82 Å². The second kappa shape index (κ2) is 4.98. The standard InChI is InChI=1S/C6H3F3N4.H3O4P/c7-6(8,9)5-12-11-4-3-10-1-2-13(4)5;1-5(2,3)4/h1-3H;(H3,1,2,3,4). The molecule has 0 saturated carbocycles. The van der Waals surface area contributed by atoms with Crippen LogP contribution in [-0.4, -0.2) is 34.3 Å². The maximum absolute atomic E-state index is 12.2. The van der Waals surface area contributed by atoms with E-state index in [4.69, 9.17) is 19.2 Å². The molecule has 2 aromatic rings. The molecule has 0 spiro atoms. The predicted octanol–water partition coefficient (Wildman–Crippen LogP) is 0.214. The zero-order chi connectivity index (χ0) is 14.0. The first kappa shape index (κ1) is 14.5. The van der Waals surface area contributed by atoms with Crippen molar-refractivity contribution in [3.63, 3.8) is 0 Å². The zero-order valence-corrected chi connectivity index (χ0v) is 9.25. The lowest BCUT2D eigenvalue weighted by molar-refractivity contribution is -0.145.